The molecule has 0 N–H and O–H groups in total. The third kappa shape index (κ3) is 2.80. The second-order valence-electron chi connectivity index (χ2n) is 5.20. The summed E-state index contributed by atoms with van der Waals surface area (Å²) in [5, 5.41) is 4.47. The number of carbonyl (C=O) groups is 1. The van der Waals surface area contributed by atoms with Crippen molar-refractivity contribution in [2.75, 3.05) is 6.54 Å². The number of Topliss-reactive ketones (excluding diaryl/α,β-unsaturated/α-hetero) is 1. The van der Waals surface area contributed by atoms with Crippen LogP contribution in [0.25, 0.3) is 0 Å². The Morgan fingerprint density at radius 3 is 2.89 bits per heavy atom. The third-order valence-corrected chi connectivity index (χ3v) is 3.84. The van der Waals surface area contributed by atoms with E-state index in [9.17, 15) is 4.79 Å². The Kier molecular flexibility index (Phi) is 4.17. The number of nitrogens with zero attached hydrogens (tertiary/aromatic N) is 3. The maximum atomic E-state index is 11.7. The summed E-state index contributed by atoms with van der Waals surface area (Å²) in [4.78, 5) is 14.0. The molecule has 0 amide bonds. The molecule has 0 saturated carbocycles. The molecule has 0 aliphatic carbocycles. The molecular weight excluding hydrogens is 226 g/mol. The van der Waals surface area contributed by atoms with Crippen molar-refractivity contribution in [2.45, 2.75) is 52.1 Å². The van der Waals surface area contributed by atoms with Gasteiger partial charge in [0.05, 0.1) is 17.4 Å². The molecule has 4 nitrogen and oxygen atoms in total. The minimum atomic E-state index is 0.110. The summed E-state index contributed by atoms with van der Waals surface area (Å²) in [6.07, 6.45) is 4.34. The molecule has 4 heteroatoms. The molecule has 1 aromatic rings. The zero-order valence-electron chi connectivity index (χ0n) is 11.6. The van der Waals surface area contributed by atoms with Gasteiger partial charge in [0.25, 0.3) is 0 Å². The van der Waals surface area contributed by atoms with Gasteiger partial charge in [-0.1, -0.05) is 13.3 Å². The van der Waals surface area contributed by atoms with Gasteiger partial charge in [-0.2, -0.15) is 5.10 Å². The Morgan fingerprint density at radius 1 is 1.50 bits per heavy atom. The van der Waals surface area contributed by atoms with Gasteiger partial charge in [-0.3, -0.25) is 14.4 Å². The highest BCUT2D eigenvalue weighted by atomic mass is 16.1. The number of likely N-dealkylation sites (tertiary alicyclic amines) is 1. The fraction of sp³-hybridized carbons (Fsp3) is 0.714. The Labute approximate surface area is 109 Å². The first-order valence-electron chi connectivity index (χ1n) is 6.88. The van der Waals surface area contributed by atoms with E-state index in [4.69, 9.17) is 0 Å². The minimum absolute atomic E-state index is 0.110. The Balaban J connectivity index is 2.10. The van der Waals surface area contributed by atoms with Gasteiger partial charge in [0, 0.05) is 13.6 Å². The summed E-state index contributed by atoms with van der Waals surface area (Å²) >= 11 is 0. The molecule has 0 bridgehead atoms. The number of piperidine rings is 1. The van der Waals surface area contributed by atoms with Crippen LogP contribution in [0.15, 0.2) is 6.07 Å². The van der Waals surface area contributed by atoms with Gasteiger partial charge in [0.2, 0.25) is 0 Å². The second-order valence-corrected chi connectivity index (χ2v) is 5.20. The highest BCUT2D eigenvalue weighted by Gasteiger charge is 2.26. The first-order valence-corrected chi connectivity index (χ1v) is 6.88. The number of hydrogen-bond acceptors (Lipinski definition) is 3. The smallest absolute Gasteiger partial charge is 0.146 e. The quantitative estimate of drug-likeness (QED) is 0.818. The molecule has 1 aromatic heterocycles. The van der Waals surface area contributed by atoms with E-state index in [-0.39, 0.29) is 6.04 Å². The number of hydrogen-bond donors (Lipinski definition) is 0. The molecule has 1 aliphatic rings. The van der Waals surface area contributed by atoms with Crippen molar-refractivity contribution >= 4 is 5.78 Å². The van der Waals surface area contributed by atoms with E-state index in [0.29, 0.717) is 5.78 Å². The van der Waals surface area contributed by atoms with Crippen LogP contribution in [-0.2, 0) is 24.8 Å². The van der Waals surface area contributed by atoms with Crippen LogP contribution in [0.2, 0.25) is 0 Å². The normalized spacial score (nSPS) is 21.2. The van der Waals surface area contributed by atoms with Gasteiger partial charge in [0.1, 0.15) is 5.78 Å². The number of aryl methyl sites for hydroxylation is 2. The predicted octanol–water partition coefficient (Wildman–Crippen LogP) is 1.93. The van der Waals surface area contributed by atoms with Crippen LogP contribution in [0, 0.1) is 0 Å². The van der Waals surface area contributed by atoms with Crippen LogP contribution >= 0.6 is 0 Å². The molecule has 18 heavy (non-hydrogen) atoms. The maximum absolute atomic E-state index is 11.7. The van der Waals surface area contributed by atoms with Crippen molar-refractivity contribution < 1.29 is 4.79 Å². The van der Waals surface area contributed by atoms with E-state index in [1.807, 2.05) is 11.7 Å². The molecule has 1 atom stereocenters. The molecule has 1 aliphatic heterocycles. The van der Waals surface area contributed by atoms with Crippen LogP contribution in [0.5, 0.6) is 0 Å². The Bertz CT molecular complexity index is 425. The predicted molar refractivity (Wildman–Crippen MR) is 71.3 cm³/mol. The maximum Gasteiger partial charge on any atom is 0.146 e. The Hall–Kier alpha value is -1.16. The van der Waals surface area contributed by atoms with Crippen molar-refractivity contribution in [1.29, 1.82) is 0 Å². The van der Waals surface area contributed by atoms with Gasteiger partial charge in [-0.25, -0.2) is 0 Å². The molecule has 1 saturated heterocycles. The van der Waals surface area contributed by atoms with Crippen LogP contribution in [-0.4, -0.2) is 33.1 Å². The molecule has 1 unspecified atom stereocenters. The molecule has 0 radical (unpaired) electrons. The van der Waals surface area contributed by atoms with Crippen molar-refractivity contribution in [3.05, 3.63) is 17.5 Å². The molecule has 2 rings (SSSR count). The fourth-order valence-electron chi connectivity index (χ4n) is 2.74. The van der Waals surface area contributed by atoms with E-state index in [1.54, 1.807) is 6.92 Å². The second kappa shape index (κ2) is 5.65. The molecule has 2 heterocycles. The molecule has 100 valence electrons. The highest BCUT2D eigenvalue weighted by molar-refractivity contribution is 5.81. The number of aromatic nitrogens is 2. The summed E-state index contributed by atoms with van der Waals surface area (Å²) in [5.74, 6) is 0.299. The lowest BCUT2D eigenvalue weighted by atomic mass is 9.99. The van der Waals surface area contributed by atoms with Gasteiger partial charge in [0.15, 0.2) is 0 Å². The van der Waals surface area contributed by atoms with Crippen LogP contribution in [0.4, 0.5) is 0 Å². The monoisotopic (exact) mass is 249 g/mol. The standard InChI is InChI=1S/C14H23N3O/c1-4-12-9-13(16(3)15-12)10-17-8-6-5-7-14(17)11(2)18/h9,14H,4-8,10H2,1-3H3. The summed E-state index contributed by atoms with van der Waals surface area (Å²) in [6, 6.07) is 2.27. The highest BCUT2D eigenvalue weighted by Crippen LogP contribution is 2.20. The van der Waals surface area contributed by atoms with E-state index in [0.717, 1.165) is 31.6 Å². The van der Waals surface area contributed by atoms with Gasteiger partial charge >= 0.3 is 0 Å². The first kappa shape index (κ1) is 13.3. The van der Waals surface area contributed by atoms with Crippen LogP contribution < -0.4 is 0 Å². The average Bonchev–Trinajstić information content (AvgIpc) is 2.71. The summed E-state index contributed by atoms with van der Waals surface area (Å²) < 4.78 is 1.95. The van der Waals surface area contributed by atoms with E-state index < -0.39 is 0 Å². The zero-order chi connectivity index (χ0) is 13.1. The largest absolute Gasteiger partial charge is 0.298 e. The first-order chi connectivity index (χ1) is 8.61. The van der Waals surface area contributed by atoms with Gasteiger partial charge < -0.3 is 0 Å². The average molecular weight is 249 g/mol. The third-order valence-electron chi connectivity index (χ3n) is 3.84. The lowest BCUT2D eigenvalue weighted by Crippen LogP contribution is -2.43. The lowest BCUT2D eigenvalue weighted by Gasteiger charge is -2.33. The number of rotatable bonds is 4. The van der Waals surface area contributed by atoms with Crippen LogP contribution in [0.3, 0.4) is 0 Å². The molecular formula is C14H23N3O. The zero-order valence-corrected chi connectivity index (χ0v) is 11.6. The SMILES string of the molecule is CCc1cc(CN2CCCCC2C(C)=O)n(C)n1. The molecule has 1 fully saturated rings. The summed E-state index contributed by atoms with van der Waals surface area (Å²) in [6.45, 7) is 5.69. The number of carbonyl (C=O) groups excluding carboxylic acids is 1. The number of ketones is 1. The van der Waals surface area contributed by atoms with Crippen molar-refractivity contribution in [3.8, 4) is 0 Å². The summed E-state index contributed by atoms with van der Waals surface area (Å²) in [5.41, 5.74) is 2.34. The Morgan fingerprint density at radius 2 is 2.28 bits per heavy atom. The fourth-order valence-corrected chi connectivity index (χ4v) is 2.74. The van der Waals surface area contributed by atoms with Crippen molar-refractivity contribution in [3.63, 3.8) is 0 Å². The van der Waals surface area contributed by atoms with E-state index in [2.05, 4.69) is 23.0 Å². The lowest BCUT2D eigenvalue weighted by molar-refractivity contribution is -0.123. The summed E-state index contributed by atoms with van der Waals surface area (Å²) in [7, 11) is 1.99. The minimum Gasteiger partial charge on any atom is -0.298 e. The van der Waals surface area contributed by atoms with E-state index >= 15 is 0 Å². The van der Waals surface area contributed by atoms with Gasteiger partial charge in [-0.15, -0.1) is 0 Å². The van der Waals surface area contributed by atoms with Gasteiger partial charge in [-0.05, 0) is 38.8 Å². The van der Waals surface area contributed by atoms with Crippen LogP contribution in [0.1, 0.15) is 44.5 Å². The van der Waals surface area contributed by atoms with E-state index in [1.165, 1.54) is 18.5 Å². The molecule has 0 spiro atoms. The topological polar surface area (TPSA) is 38.1 Å². The van der Waals surface area contributed by atoms with Crippen molar-refractivity contribution in [1.82, 2.24) is 14.7 Å². The molecule has 0 aromatic carbocycles. The van der Waals surface area contributed by atoms with Crippen molar-refractivity contribution in [2.24, 2.45) is 7.05 Å².